The lowest BCUT2D eigenvalue weighted by Gasteiger charge is -2.40. The molecule has 2 N–H and O–H groups in total. The molecule has 23 heavy (non-hydrogen) atoms. The van der Waals surface area contributed by atoms with Crippen molar-refractivity contribution >= 4 is 17.3 Å². The lowest BCUT2D eigenvalue weighted by Crippen LogP contribution is -2.49. The monoisotopic (exact) mass is 333 g/mol. The summed E-state index contributed by atoms with van der Waals surface area (Å²) in [5.74, 6) is 0.869. The predicted molar refractivity (Wildman–Crippen MR) is 95.2 cm³/mol. The number of imidazole rings is 1. The number of likely N-dealkylation sites (N-methyl/N-ethyl adjacent to an activating group) is 1. The Labute approximate surface area is 142 Å². The number of piperazine rings is 1. The lowest BCUT2D eigenvalue weighted by molar-refractivity contribution is 0.181. The van der Waals surface area contributed by atoms with Crippen molar-refractivity contribution in [2.45, 2.75) is 13.0 Å². The topological polar surface area (TPSA) is 47.2 Å². The molecule has 1 atom stereocenters. The van der Waals surface area contributed by atoms with Gasteiger partial charge in [0.1, 0.15) is 5.82 Å². The van der Waals surface area contributed by atoms with E-state index in [1.807, 2.05) is 14.0 Å². The van der Waals surface area contributed by atoms with E-state index in [0.29, 0.717) is 5.15 Å². The van der Waals surface area contributed by atoms with Crippen LogP contribution in [-0.2, 0) is 0 Å². The molecule has 0 amide bonds. The van der Waals surface area contributed by atoms with Gasteiger partial charge in [-0.3, -0.25) is 4.90 Å². The number of nitrogens with one attached hydrogen (secondary N) is 2. The minimum absolute atomic E-state index is 0.228. The summed E-state index contributed by atoms with van der Waals surface area (Å²) < 4.78 is 0. The van der Waals surface area contributed by atoms with Crippen LogP contribution >= 0.6 is 11.6 Å². The maximum atomic E-state index is 6.31. The summed E-state index contributed by atoms with van der Waals surface area (Å²) in [6.07, 6.45) is 0. The van der Waals surface area contributed by atoms with Crippen LogP contribution in [0.4, 0.5) is 5.69 Å². The van der Waals surface area contributed by atoms with Gasteiger partial charge in [0.25, 0.3) is 0 Å². The summed E-state index contributed by atoms with van der Waals surface area (Å²) in [6, 6.07) is 10.8. The quantitative estimate of drug-likeness (QED) is 0.882. The number of aromatic amines is 1. The van der Waals surface area contributed by atoms with Gasteiger partial charge >= 0.3 is 0 Å². The maximum Gasteiger partial charge on any atom is 0.152 e. The van der Waals surface area contributed by atoms with E-state index in [0.717, 1.165) is 44.2 Å². The maximum absolute atomic E-state index is 6.31. The van der Waals surface area contributed by atoms with Crippen LogP contribution in [0.2, 0.25) is 5.15 Å². The molecule has 1 unspecified atom stereocenters. The first kappa shape index (κ1) is 16.3. The second kappa shape index (κ2) is 7.34. The summed E-state index contributed by atoms with van der Waals surface area (Å²) in [7, 11) is 1.98. The van der Waals surface area contributed by atoms with Gasteiger partial charge in [-0.1, -0.05) is 29.8 Å². The fourth-order valence-electron chi connectivity index (χ4n) is 3.24. The number of H-pyrrole nitrogens is 1. The summed E-state index contributed by atoms with van der Waals surface area (Å²) in [5.41, 5.74) is 2.32. The number of benzene rings is 1. The zero-order valence-electron chi connectivity index (χ0n) is 13.7. The Balaban J connectivity index is 1.70. The number of hydrogen-bond acceptors (Lipinski definition) is 4. The molecule has 1 aromatic carbocycles. The fourth-order valence-corrected chi connectivity index (χ4v) is 3.54. The van der Waals surface area contributed by atoms with Gasteiger partial charge in [-0.15, -0.1) is 0 Å². The van der Waals surface area contributed by atoms with Crippen LogP contribution in [0, 0.1) is 6.92 Å². The first-order valence-corrected chi connectivity index (χ1v) is 8.47. The van der Waals surface area contributed by atoms with Gasteiger partial charge < -0.3 is 15.2 Å². The van der Waals surface area contributed by atoms with Crippen LogP contribution in [0.15, 0.2) is 30.3 Å². The van der Waals surface area contributed by atoms with Crippen LogP contribution in [0.3, 0.4) is 0 Å². The molecular weight excluding hydrogens is 310 g/mol. The predicted octanol–water partition coefficient (Wildman–Crippen LogP) is 2.45. The average molecular weight is 334 g/mol. The highest BCUT2D eigenvalue weighted by Crippen LogP contribution is 2.27. The molecule has 0 radical (unpaired) electrons. The van der Waals surface area contributed by atoms with Crippen LogP contribution in [0.5, 0.6) is 0 Å². The number of aryl methyl sites for hydroxylation is 1. The molecule has 1 aliphatic rings. The Kier molecular flexibility index (Phi) is 5.20. The minimum atomic E-state index is 0.228. The Morgan fingerprint density at radius 1 is 1.22 bits per heavy atom. The molecule has 124 valence electrons. The van der Waals surface area contributed by atoms with Crippen LogP contribution < -0.4 is 10.2 Å². The molecule has 1 aromatic heterocycles. The summed E-state index contributed by atoms with van der Waals surface area (Å²) in [4.78, 5) is 12.6. The number of aromatic nitrogens is 2. The van der Waals surface area contributed by atoms with Crippen molar-refractivity contribution in [2.24, 2.45) is 0 Å². The Hall–Kier alpha value is -1.56. The molecule has 3 rings (SSSR count). The largest absolute Gasteiger partial charge is 0.369 e. The molecule has 2 aromatic rings. The third kappa shape index (κ3) is 3.68. The van der Waals surface area contributed by atoms with Crippen molar-refractivity contribution in [1.29, 1.82) is 0 Å². The molecule has 5 nitrogen and oxygen atoms in total. The third-order valence-corrected chi connectivity index (χ3v) is 4.70. The molecule has 0 spiro atoms. The number of halogens is 1. The number of rotatable bonds is 5. The Morgan fingerprint density at radius 2 is 1.91 bits per heavy atom. The second-order valence-electron chi connectivity index (χ2n) is 5.96. The highest BCUT2D eigenvalue weighted by Gasteiger charge is 2.27. The number of anilines is 1. The first-order chi connectivity index (χ1) is 11.2. The van der Waals surface area contributed by atoms with Gasteiger partial charge in [0, 0.05) is 38.4 Å². The summed E-state index contributed by atoms with van der Waals surface area (Å²) in [5, 5.41) is 3.87. The van der Waals surface area contributed by atoms with Crippen LogP contribution in [-0.4, -0.2) is 54.6 Å². The summed E-state index contributed by atoms with van der Waals surface area (Å²) >= 11 is 6.31. The molecule has 2 heterocycles. The lowest BCUT2D eigenvalue weighted by atomic mass is 10.1. The SMILES string of the molecule is CNCC(c1[nH]c(C)nc1Cl)N1CCN(c2ccccc2)CC1. The van der Waals surface area contributed by atoms with Gasteiger partial charge in [0.05, 0.1) is 11.7 Å². The van der Waals surface area contributed by atoms with Gasteiger partial charge in [-0.05, 0) is 26.1 Å². The molecule has 6 heteroatoms. The van der Waals surface area contributed by atoms with Gasteiger partial charge in [0.2, 0.25) is 0 Å². The minimum Gasteiger partial charge on any atom is -0.369 e. The van der Waals surface area contributed by atoms with E-state index < -0.39 is 0 Å². The van der Waals surface area contributed by atoms with Gasteiger partial charge in [-0.25, -0.2) is 4.98 Å². The van der Waals surface area contributed by atoms with E-state index in [4.69, 9.17) is 11.6 Å². The molecule has 1 fully saturated rings. The third-order valence-electron chi connectivity index (χ3n) is 4.41. The van der Waals surface area contributed by atoms with E-state index in [9.17, 15) is 0 Å². The van der Waals surface area contributed by atoms with Crippen molar-refractivity contribution in [3.63, 3.8) is 0 Å². The standard InChI is InChI=1S/C17H24ClN5/c1-13-20-16(17(18)21-13)15(12-19-2)23-10-8-22(9-11-23)14-6-4-3-5-7-14/h3-7,15,19H,8-12H2,1-2H3,(H,20,21). The van der Waals surface area contributed by atoms with Gasteiger partial charge in [0.15, 0.2) is 5.15 Å². The smallest absolute Gasteiger partial charge is 0.152 e. The molecule has 1 aliphatic heterocycles. The Bertz CT molecular complexity index is 619. The normalized spacial score (nSPS) is 17.4. The zero-order valence-corrected chi connectivity index (χ0v) is 14.5. The van der Waals surface area contributed by atoms with E-state index >= 15 is 0 Å². The van der Waals surface area contributed by atoms with Crippen molar-refractivity contribution in [3.8, 4) is 0 Å². The van der Waals surface area contributed by atoms with Crippen molar-refractivity contribution in [3.05, 3.63) is 47.0 Å². The zero-order chi connectivity index (χ0) is 16.2. The van der Waals surface area contributed by atoms with E-state index in [1.54, 1.807) is 0 Å². The van der Waals surface area contributed by atoms with Crippen molar-refractivity contribution in [2.75, 3.05) is 44.7 Å². The highest BCUT2D eigenvalue weighted by atomic mass is 35.5. The molecule has 1 saturated heterocycles. The Morgan fingerprint density at radius 3 is 2.48 bits per heavy atom. The van der Waals surface area contributed by atoms with E-state index in [2.05, 4.69) is 55.4 Å². The summed E-state index contributed by atoms with van der Waals surface area (Å²) in [6.45, 7) is 6.86. The fraction of sp³-hybridized carbons (Fsp3) is 0.471. The van der Waals surface area contributed by atoms with E-state index in [-0.39, 0.29) is 6.04 Å². The van der Waals surface area contributed by atoms with E-state index in [1.165, 1.54) is 5.69 Å². The van der Waals surface area contributed by atoms with Crippen LogP contribution in [0.1, 0.15) is 17.6 Å². The van der Waals surface area contributed by atoms with Crippen molar-refractivity contribution in [1.82, 2.24) is 20.2 Å². The molecule has 0 saturated carbocycles. The van der Waals surface area contributed by atoms with Crippen LogP contribution in [0.25, 0.3) is 0 Å². The molecule has 0 aliphatic carbocycles. The average Bonchev–Trinajstić information content (AvgIpc) is 2.92. The van der Waals surface area contributed by atoms with Gasteiger partial charge in [-0.2, -0.15) is 0 Å². The second-order valence-corrected chi connectivity index (χ2v) is 6.32. The number of para-hydroxylation sites is 1. The number of hydrogen-bond donors (Lipinski definition) is 2. The number of nitrogens with zero attached hydrogens (tertiary/aromatic N) is 3. The van der Waals surface area contributed by atoms with Crippen molar-refractivity contribution < 1.29 is 0 Å². The first-order valence-electron chi connectivity index (χ1n) is 8.09. The highest BCUT2D eigenvalue weighted by molar-refractivity contribution is 6.30. The molecular formula is C17H24ClN5. The molecule has 0 bridgehead atoms.